The number of sulfonamides is 1. The lowest BCUT2D eigenvalue weighted by Gasteiger charge is -2.32. The number of aromatic nitrogens is 1. The molecule has 2 aliphatic rings. The van der Waals surface area contributed by atoms with Gasteiger partial charge in [-0.3, -0.25) is 9.69 Å². The fourth-order valence-electron chi connectivity index (χ4n) is 5.59. The number of thiazole rings is 1. The molecule has 1 saturated carbocycles. The number of hydrogen-bond acceptors (Lipinski definition) is 6. The Balaban J connectivity index is 1.42. The summed E-state index contributed by atoms with van der Waals surface area (Å²) in [6, 6.07) is 12.7. The number of ether oxygens (including phenoxy) is 1. The zero-order valence-corrected chi connectivity index (χ0v) is 23.9. The standard InChI is InChI=1S/C29H37N3O4S2/c1-3-21-12-17-26-27(19-21)37-29(30-26)31(20-24-11-8-18-36-24)28(33)22-13-15-25(16-14-22)38(34,35)32(4-2)23-9-6-5-7-10-23/h12-17,19,23-24H,3-11,18,20H2,1-2H3. The molecule has 2 aromatic carbocycles. The molecular weight excluding hydrogens is 518 g/mol. The smallest absolute Gasteiger partial charge is 0.260 e. The molecule has 1 aliphatic heterocycles. The number of nitrogens with zero attached hydrogens (tertiary/aromatic N) is 3. The lowest BCUT2D eigenvalue weighted by Crippen LogP contribution is -2.41. The van der Waals surface area contributed by atoms with Gasteiger partial charge in [-0.15, -0.1) is 0 Å². The number of amides is 1. The van der Waals surface area contributed by atoms with Crippen LogP contribution in [0.2, 0.25) is 0 Å². The monoisotopic (exact) mass is 555 g/mol. The van der Waals surface area contributed by atoms with Crippen molar-refractivity contribution in [3.05, 3.63) is 53.6 Å². The zero-order valence-electron chi connectivity index (χ0n) is 22.3. The Morgan fingerprint density at radius 1 is 1.03 bits per heavy atom. The summed E-state index contributed by atoms with van der Waals surface area (Å²) in [7, 11) is -3.63. The van der Waals surface area contributed by atoms with Crippen molar-refractivity contribution in [2.24, 2.45) is 0 Å². The van der Waals surface area contributed by atoms with E-state index in [0.29, 0.717) is 30.4 Å². The maximum atomic E-state index is 13.8. The number of carbonyl (C=O) groups is 1. The van der Waals surface area contributed by atoms with E-state index in [4.69, 9.17) is 9.72 Å². The molecule has 1 aliphatic carbocycles. The van der Waals surface area contributed by atoms with Crippen molar-refractivity contribution in [3.8, 4) is 0 Å². The second kappa shape index (κ2) is 11.8. The Bertz CT molecular complexity index is 1360. The first kappa shape index (κ1) is 27.2. The molecule has 0 radical (unpaired) electrons. The molecule has 0 N–H and O–H groups in total. The number of rotatable bonds is 9. The highest BCUT2D eigenvalue weighted by Gasteiger charge is 2.32. The van der Waals surface area contributed by atoms with Gasteiger partial charge >= 0.3 is 0 Å². The molecule has 1 unspecified atom stereocenters. The van der Waals surface area contributed by atoms with Crippen LogP contribution in [0.5, 0.6) is 0 Å². The quantitative estimate of drug-likeness (QED) is 0.322. The molecule has 2 heterocycles. The summed E-state index contributed by atoms with van der Waals surface area (Å²) in [5, 5.41) is 0.639. The molecule has 204 valence electrons. The van der Waals surface area contributed by atoms with Crippen molar-refractivity contribution < 1.29 is 17.9 Å². The van der Waals surface area contributed by atoms with Crippen molar-refractivity contribution in [2.75, 3.05) is 24.6 Å². The predicted octanol–water partition coefficient (Wildman–Crippen LogP) is 6.03. The first-order valence-electron chi connectivity index (χ1n) is 13.9. The van der Waals surface area contributed by atoms with Crippen LogP contribution in [-0.4, -0.2) is 55.5 Å². The molecule has 7 nitrogen and oxygen atoms in total. The van der Waals surface area contributed by atoms with E-state index in [9.17, 15) is 13.2 Å². The van der Waals surface area contributed by atoms with Gasteiger partial charge in [-0.25, -0.2) is 13.4 Å². The molecule has 5 rings (SSSR count). The van der Waals surface area contributed by atoms with E-state index in [-0.39, 0.29) is 22.9 Å². The second-order valence-corrected chi connectivity index (χ2v) is 13.1. The van der Waals surface area contributed by atoms with Gasteiger partial charge in [0.05, 0.1) is 27.8 Å². The zero-order chi connectivity index (χ0) is 26.7. The van der Waals surface area contributed by atoms with Crippen LogP contribution in [0, 0.1) is 0 Å². The first-order chi connectivity index (χ1) is 18.4. The fraction of sp³-hybridized carbons (Fsp3) is 0.517. The summed E-state index contributed by atoms with van der Waals surface area (Å²) < 4.78 is 35.5. The Labute approximate surface area is 229 Å². The average Bonchev–Trinajstić information content (AvgIpc) is 3.61. The van der Waals surface area contributed by atoms with Crippen molar-refractivity contribution in [1.82, 2.24) is 9.29 Å². The van der Waals surface area contributed by atoms with E-state index in [1.807, 2.05) is 13.0 Å². The number of aryl methyl sites for hydroxylation is 1. The SMILES string of the molecule is CCc1ccc2nc(N(CC3CCCO3)C(=O)c3ccc(S(=O)(=O)N(CC)C4CCCCC4)cc3)sc2c1. The normalized spacial score (nSPS) is 18.9. The van der Waals surface area contributed by atoms with Crippen LogP contribution >= 0.6 is 11.3 Å². The van der Waals surface area contributed by atoms with Crippen molar-refractivity contribution in [3.63, 3.8) is 0 Å². The first-order valence-corrected chi connectivity index (χ1v) is 16.1. The van der Waals surface area contributed by atoms with Gasteiger partial charge in [0.15, 0.2) is 5.13 Å². The van der Waals surface area contributed by atoms with Gasteiger partial charge in [-0.2, -0.15) is 4.31 Å². The predicted molar refractivity (Wildman–Crippen MR) is 153 cm³/mol. The molecule has 1 aromatic heterocycles. The maximum absolute atomic E-state index is 13.8. The lowest BCUT2D eigenvalue weighted by atomic mass is 9.95. The molecule has 0 spiro atoms. The molecule has 1 saturated heterocycles. The molecule has 9 heteroatoms. The van der Waals surface area contributed by atoms with Crippen LogP contribution < -0.4 is 4.90 Å². The van der Waals surface area contributed by atoms with Gasteiger partial charge in [-0.1, -0.05) is 50.5 Å². The van der Waals surface area contributed by atoms with Crippen molar-refractivity contribution in [2.45, 2.75) is 82.3 Å². The van der Waals surface area contributed by atoms with E-state index < -0.39 is 10.0 Å². The number of anilines is 1. The fourth-order valence-corrected chi connectivity index (χ4v) is 8.32. The maximum Gasteiger partial charge on any atom is 0.260 e. The van der Waals surface area contributed by atoms with E-state index in [1.54, 1.807) is 33.5 Å². The van der Waals surface area contributed by atoms with Gasteiger partial charge in [0, 0.05) is 24.8 Å². The number of hydrogen-bond donors (Lipinski definition) is 0. The molecule has 38 heavy (non-hydrogen) atoms. The Kier molecular flexibility index (Phi) is 8.47. The highest BCUT2D eigenvalue weighted by molar-refractivity contribution is 7.89. The Hall–Kier alpha value is -2.33. The topological polar surface area (TPSA) is 79.8 Å². The summed E-state index contributed by atoms with van der Waals surface area (Å²) >= 11 is 1.51. The molecule has 3 aromatic rings. The van der Waals surface area contributed by atoms with E-state index >= 15 is 0 Å². The number of carbonyl (C=O) groups excluding carboxylic acids is 1. The Morgan fingerprint density at radius 2 is 1.79 bits per heavy atom. The third-order valence-electron chi connectivity index (χ3n) is 7.74. The molecular formula is C29H37N3O4S2. The van der Waals surface area contributed by atoms with Crippen LogP contribution in [0.4, 0.5) is 5.13 Å². The highest BCUT2D eigenvalue weighted by Crippen LogP contribution is 2.32. The van der Waals surface area contributed by atoms with Crippen LogP contribution in [0.1, 0.15) is 74.7 Å². The van der Waals surface area contributed by atoms with Crippen molar-refractivity contribution >= 4 is 42.6 Å². The number of benzene rings is 2. The van der Waals surface area contributed by atoms with Crippen molar-refractivity contribution in [1.29, 1.82) is 0 Å². The molecule has 1 amide bonds. The summed E-state index contributed by atoms with van der Waals surface area (Å²) in [5.74, 6) is -0.196. The molecule has 2 fully saturated rings. The van der Waals surface area contributed by atoms with Gasteiger partial charge in [0.1, 0.15) is 0 Å². The van der Waals surface area contributed by atoms with Crippen LogP contribution in [0.15, 0.2) is 47.4 Å². The minimum atomic E-state index is -3.63. The summed E-state index contributed by atoms with van der Waals surface area (Å²) in [6.45, 7) is 5.59. The van der Waals surface area contributed by atoms with E-state index in [0.717, 1.165) is 55.2 Å². The van der Waals surface area contributed by atoms with E-state index in [1.165, 1.54) is 23.3 Å². The van der Waals surface area contributed by atoms with Crippen LogP contribution in [0.3, 0.4) is 0 Å². The van der Waals surface area contributed by atoms with Gasteiger partial charge in [0.25, 0.3) is 5.91 Å². The number of fused-ring (bicyclic) bond motifs is 1. The van der Waals surface area contributed by atoms with Crippen LogP contribution in [0.25, 0.3) is 10.2 Å². The van der Waals surface area contributed by atoms with Crippen LogP contribution in [-0.2, 0) is 21.2 Å². The van der Waals surface area contributed by atoms with Gasteiger partial charge in [-0.05, 0) is 74.1 Å². The molecule has 0 bridgehead atoms. The summed E-state index contributed by atoms with van der Waals surface area (Å²) in [4.78, 5) is 20.5. The second-order valence-electron chi connectivity index (χ2n) is 10.2. The summed E-state index contributed by atoms with van der Waals surface area (Å²) in [5.41, 5.74) is 2.54. The van der Waals surface area contributed by atoms with E-state index in [2.05, 4.69) is 19.1 Å². The minimum absolute atomic E-state index is 0.0366. The molecule has 1 atom stereocenters. The minimum Gasteiger partial charge on any atom is -0.376 e. The summed E-state index contributed by atoms with van der Waals surface area (Å²) in [6.07, 6.45) is 7.90. The lowest BCUT2D eigenvalue weighted by molar-refractivity contribution is 0.0917. The Morgan fingerprint density at radius 3 is 2.45 bits per heavy atom. The third-order valence-corrected chi connectivity index (χ3v) is 10.8. The third kappa shape index (κ3) is 5.66. The highest BCUT2D eigenvalue weighted by atomic mass is 32.2. The average molecular weight is 556 g/mol. The van der Waals surface area contributed by atoms with Gasteiger partial charge < -0.3 is 4.74 Å². The largest absolute Gasteiger partial charge is 0.376 e. The van der Waals surface area contributed by atoms with Gasteiger partial charge in [0.2, 0.25) is 10.0 Å².